The highest BCUT2D eigenvalue weighted by atomic mass is 19.1. The minimum absolute atomic E-state index is 0.0408. The molecule has 0 aliphatic rings. The Morgan fingerprint density at radius 1 is 1.44 bits per heavy atom. The summed E-state index contributed by atoms with van der Waals surface area (Å²) >= 11 is 0. The molecule has 0 fully saturated rings. The molecule has 1 aromatic carbocycles. The minimum Gasteiger partial charge on any atom is -0.481 e. The molecule has 0 bridgehead atoms. The van der Waals surface area contributed by atoms with E-state index in [4.69, 9.17) is 5.11 Å². The third kappa shape index (κ3) is 4.37. The maximum atomic E-state index is 13.4. The molecule has 0 spiro atoms. The van der Waals surface area contributed by atoms with Crippen LogP contribution in [0.5, 0.6) is 0 Å². The van der Waals surface area contributed by atoms with Gasteiger partial charge in [-0.15, -0.1) is 0 Å². The second-order valence-corrected chi connectivity index (χ2v) is 3.61. The summed E-state index contributed by atoms with van der Waals surface area (Å²) in [6, 6.07) is 4.06. The highest BCUT2D eigenvalue weighted by Gasteiger charge is 2.04. The lowest BCUT2D eigenvalue weighted by molar-refractivity contribution is -0.139. The average Bonchev–Trinajstić information content (AvgIpc) is 2.32. The molecule has 1 rings (SSSR count). The number of hydrogen-bond acceptors (Lipinski definition) is 3. The van der Waals surface area contributed by atoms with E-state index in [9.17, 15) is 14.0 Å². The lowest BCUT2D eigenvalue weighted by Gasteiger charge is -2.01. The van der Waals surface area contributed by atoms with Crippen LogP contribution in [0.2, 0.25) is 0 Å². The van der Waals surface area contributed by atoms with Crippen LogP contribution in [0.1, 0.15) is 17.5 Å². The molecule has 0 unspecified atom stereocenters. The Morgan fingerprint density at radius 3 is 2.78 bits per heavy atom. The van der Waals surface area contributed by atoms with Gasteiger partial charge >= 0.3 is 11.9 Å². The zero-order valence-corrected chi connectivity index (χ0v) is 9.85. The predicted molar refractivity (Wildman–Crippen MR) is 63.4 cm³/mol. The molecule has 1 N–H and O–H groups in total. The van der Waals surface area contributed by atoms with Crippen molar-refractivity contribution in [3.63, 3.8) is 0 Å². The molecular weight excluding hydrogens is 239 g/mol. The second-order valence-electron chi connectivity index (χ2n) is 3.61. The fourth-order valence-electron chi connectivity index (χ4n) is 1.37. The highest BCUT2D eigenvalue weighted by Crippen LogP contribution is 2.13. The SMILES string of the molecule is COC(=O)CC=Cc1cc(CC(=O)O)ccc1F. The number of carboxylic acid groups (broad SMARTS) is 1. The normalized spacial score (nSPS) is 10.6. The highest BCUT2D eigenvalue weighted by molar-refractivity contribution is 5.73. The van der Waals surface area contributed by atoms with E-state index in [-0.39, 0.29) is 18.4 Å². The van der Waals surface area contributed by atoms with Gasteiger partial charge in [-0.25, -0.2) is 4.39 Å². The minimum atomic E-state index is -0.980. The number of carbonyl (C=O) groups is 2. The summed E-state index contributed by atoms with van der Waals surface area (Å²) in [7, 11) is 1.27. The summed E-state index contributed by atoms with van der Waals surface area (Å²) in [5, 5.41) is 8.63. The summed E-state index contributed by atoms with van der Waals surface area (Å²) in [5.74, 6) is -1.87. The van der Waals surface area contributed by atoms with Gasteiger partial charge in [0.05, 0.1) is 20.0 Å². The lowest BCUT2D eigenvalue weighted by Crippen LogP contribution is -2.00. The Morgan fingerprint density at radius 2 is 2.17 bits per heavy atom. The van der Waals surface area contributed by atoms with Crippen LogP contribution in [0, 0.1) is 5.82 Å². The fraction of sp³-hybridized carbons (Fsp3) is 0.231. The third-order valence-corrected chi connectivity index (χ3v) is 2.23. The van der Waals surface area contributed by atoms with Crippen LogP contribution < -0.4 is 0 Å². The van der Waals surface area contributed by atoms with Crippen LogP contribution in [-0.2, 0) is 20.7 Å². The summed E-state index contributed by atoms with van der Waals surface area (Å²) in [5.41, 5.74) is 0.749. The topological polar surface area (TPSA) is 63.6 Å². The van der Waals surface area contributed by atoms with Gasteiger partial charge in [-0.3, -0.25) is 9.59 Å². The Labute approximate surface area is 104 Å². The number of carbonyl (C=O) groups excluding carboxylic acids is 1. The average molecular weight is 252 g/mol. The maximum absolute atomic E-state index is 13.4. The van der Waals surface area contributed by atoms with Crippen molar-refractivity contribution < 1.29 is 23.8 Å². The Bertz CT molecular complexity index is 480. The van der Waals surface area contributed by atoms with Crippen LogP contribution in [-0.4, -0.2) is 24.2 Å². The van der Waals surface area contributed by atoms with E-state index in [0.717, 1.165) is 0 Å². The van der Waals surface area contributed by atoms with Crippen LogP contribution in [0.15, 0.2) is 24.3 Å². The number of ether oxygens (including phenoxy) is 1. The second kappa shape index (κ2) is 6.54. The van der Waals surface area contributed by atoms with E-state index in [1.165, 1.54) is 37.5 Å². The van der Waals surface area contributed by atoms with E-state index >= 15 is 0 Å². The molecule has 0 aromatic heterocycles. The zero-order chi connectivity index (χ0) is 13.5. The first-order valence-corrected chi connectivity index (χ1v) is 5.26. The Kier molecular flexibility index (Phi) is 5.05. The van der Waals surface area contributed by atoms with Crippen molar-refractivity contribution in [2.24, 2.45) is 0 Å². The van der Waals surface area contributed by atoms with Gasteiger partial charge in [0.25, 0.3) is 0 Å². The summed E-state index contributed by atoms with van der Waals surface area (Å²) < 4.78 is 17.8. The molecule has 18 heavy (non-hydrogen) atoms. The number of aliphatic carboxylic acids is 1. The van der Waals surface area contributed by atoms with Gasteiger partial charge in [0.2, 0.25) is 0 Å². The van der Waals surface area contributed by atoms with Crippen LogP contribution in [0.25, 0.3) is 6.08 Å². The molecule has 4 nitrogen and oxygen atoms in total. The fourth-order valence-corrected chi connectivity index (χ4v) is 1.37. The van der Waals surface area contributed by atoms with E-state index in [1.54, 1.807) is 0 Å². The monoisotopic (exact) mass is 252 g/mol. The predicted octanol–water partition coefficient (Wildman–Crippen LogP) is 2.03. The summed E-state index contributed by atoms with van der Waals surface area (Å²) in [6.45, 7) is 0. The number of esters is 1. The molecule has 0 heterocycles. The van der Waals surface area contributed by atoms with Crippen molar-refractivity contribution in [2.75, 3.05) is 7.11 Å². The number of halogens is 1. The number of benzene rings is 1. The Hall–Kier alpha value is -2.17. The van der Waals surface area contributed by atoms with Gasteiger partial charge in [0.15, 0.2) is 0 Å². The lowest BCUT2D eigenvalue weighted by atomic mass is 10.1. The zero-order valence-electron chi connectivity index (χ0n) is 9.85. The molecule has 0 saturated carbocycles. The van der Waals surface area contributed by atoms with Crippen molar-refractivity contribution >= 4 is 18.0 Å². The van der Waals surface area contributed by atoms with E-state index in [0.29, 0.717) is 5.56 Å². The molecule has 0 saturated heterocycles. The Balaban J connectivity index is 2.80. The molecule has 0 aliphatic heterocycles. The molecule has 0 radical (unpaired) electrons. The van der Waals surface area contributed by atoms with Gasteiger partial charge in [-0.1, -0.05) is 18.2 Å². The van der Waals surface area contributed by atoms with Crippen molar-refractivity contribution in [2.45, 2.75) is 12.8 Å². The van der Waals surface area contributed by atoms with E-state index < -0.39 is 17.8 Å². The summed E-state index contributed by atoms with van der Waals surface area (Å²) in [4.78, 5) is 21.4. The molecule has 0 aliphatic carbocycles. The standard InChI is InChI=1S/C13H13FO4/c1-18-13(17)4-2-3-10-7-9(8-12(15)16)5-6-11(10)14/h2-3,5-7H,4,8H2,1H3,(H,15,16). The number of rotatable bonds is 5. The summed E-state index contributed by atoms with van der Waals surface area (Å²) in [6.07, 6.45) is 2.77. The molecule has 96 valence electrons. The third-order valence-electron chi connectivity index (χ3n) is 2.23. The van der Waals surface area contributed by atoms with Crippen LogP contribution in [0.3, 0.4) is 0 Å². The number of hydrogen-bond donors (Lipinski definition) is 1. The van der Waals surface area contributed by atoms with Crippen molar-refractivity contribution in [1.82, 2.24) is 0 Å². The van der Waals surface area contributed by atoms with Crippen molar-refractivity contribution in [3.8, 4) is 0 Å². The quantitative estimate of drug-likeness (QED) is 0.814. The number of methoxy groups -OCH3 is 1. The van der Waals surface area contributed by atoms with E-state index in [2.05, 4.69) is 4.74 Å². The van der Waals surface area contributed by atoms with Gasteiger partial charge in [-0.05, 0) is 17.7 Å². The van der Waals surface area contributed by atoms with Crippen LogP contribution >= 0.6 is 0 Å². The number of carboxylic acids is 1. The van der Waals surface area contributed by atoms with Crippen molar-refractivity contribution in [1.29, 1.82) is 0 Å². The van der Waals surface area contributed by atoms with E-state index in [1.807, 2.05) is 0 Å². The van der Waals surface area contributed by atoms with Gasteiger partial charge in [-0.2, -0.15) is 0 Å². The van der Waals surface area contributed by atoms with Gasteiger partial charge in [0.1, 0.15) is 5.82 Å². The first-order valence-electron chi connectivity index (χ1n) is 5.26. The molecule has 0 amide bonds. The largest absolute Gasteiger partial charge is 0.481 e. The van der Waals surface area contributed by atoms with Crippen LogP contribution in [0.4, 0.5) is 4.39 Å². The first-order chi connectivity index (χ1) is 8.52. The van der Waals surface area contributed by atoms with Gasteiger partial charge < -0.3 is 9.84 Å². The van der Waals surface area contributed by atoms with Gasteiger partial charge in [0, 0.05) is 5.56 Å². The molecule has 5 heteroatoms. The smallest absolute Gasteiger partial charge is 0.309 e. The maximum Gasteiger partial charge on any atom is 0.309 e. The molecule has 1 aromatic rings. The molecule has 0 atom stereocenters. The molecular formula is C13H13FO4. The van der Waals surface area contributed by atoms with Crippen molar-refractivity contribution in [3.05, 3.63) is 41.2 Å². The first kappa shape index (κ1) is 13.9.